The summed E-state index contributed by atoms with van der Waals surface area (Å²) in [6.45, 7) is 0.154. The van der Waals surface area contributed by atoms with Gasteiger partial charge in [-0.2, -0.15) is 0 Å². The van der Waals surface area contributed by atoms with E-state index in [0.29, 0.717) is 5.56 Å². The Morgan fingerprint density at radius 2 is 1.90 bits per heavy atom. The Morgan fingerprint density at radius 1 is 1.24 bits per heavy atom. The van der Waals surface area contributed by atoms with Gasteiger partial charge in [-0.05, 0) is 29.8 Å². The standard InChI is InChI=1S/C15H12Cl2FNO2/c1-21-13-6-5-9(7-12(13)18)8-19-15(20)14-10(16)3-2-4-11(14)17/h2-7H,8H2,1H3,(H,19,20). The minimum Gasteiger partial charge on any atom is -0.494 e. The summed E-state index contributed by atoms with van der Waals surface area (Å²) >= 11 is 11.9. The van der Waals surface area contributed by atoms with Crippen LogP contribution in [-0.4, -0.2) is 13.0 Å². The second kappa shape index (κ2) is 6.78. The van der Waals surface area contributed by atoms with Crippen LogP contribution < -0.4 is 10.1 Å². The van der Waals surface area contributed by atoms with Gasteiger partial charge in [0, 0.05) is 6.54 Å². The lowest BCUT2D eigenvalue weighted by molar-refractivity contribution is 0.0951. The van der Waals surface area contributed by atoms with Crippen LogP contribution in [0.2, 0.25) is 10.0 Å². The zero-order valence-corrected chi connectivity index (χ0v) is 12.6. The Kier molecular flexibility index (Phi) is 5.04. The third-order valence-corrected chi connectivity index (χ3v) is 3.49. The van der Waals surface area contributed by atoms with Gasteiger partial charge in [0.2, 0.25) is 0 Å². The highest BCUT2D eigenvalue weighted by atomic mass is 35.5. The van der Waals surface area contributed by atoms with E-state index in [0.717, 1.165) is 0 Å². The van der Waals surface area contributed by atoms with Gasteiger partial charge in [0.15, 0.2) is 11.6 Å². The Balaban J connectivity index is 2.09. The second-order valence-electron chi connectivity index (χ2n) is 4.25. The maximum Gasteiger partial charge on any atom is 0.254 e. The van der Waals surface area contributed by atoms with E-state index in [1.54, 1.807) is 24.3 Å². The molecule has 0 radical (unpaired) electrons. The van der Waals surface area contributed by atoms with Crippen molar-refractivity contribution in [1.29, 1.82) is 0 Å². The molecule has 0 aliphatic rings. The summed E-state index contributed by atoms with van der Waals surface area (Å²) in [5.41, 5.74) is 0.805. The zero-order chi connectivity index (χ0) is 15.4. The number of ether oxygens (including phenoxy) is 1. The molecule has 0 fully saturated rings. The van der Waals surface area contributed by atoms with Crippen LogP contribution in [0.15, 0.2) is 36.4 Å². The highest BCUT2D eigenvalue weighted by molar-refractivity contribution is 6.39. The van der Waals surface area contributed by atoms with E-state index in [1.165, 1.54) is 19.2 Å². The van der Waals surface area contributed by atoms with E-state index in [4.69, 9.17) is 27.9 Å². The third-order valence-electron chi connectivity index (χ3n) is 2.86. The molecule has 0 atom stereocenters. The second-order valence-corrected chi connectivity index (χ2v) is 5.06. The number of carbonyl (C=O) groups is 1. The number of methoxy groups -OCH3 is 1. The SMILES string of the molecule is COc1ccc(CNC(=O)c2c(Cl)cccc2Cl)cc1F. The zero-order valence-electron chi connectivity index (χ0n) is 11.1. The molecule has 1 N–H and O–H groups in total. The van der Waals surface area contributed by atoms with Crippen molar-refractivity contribution in [1.82, 2.24) is 5.32 Å². The predicted octanol–water partition coefficient (Wildman–Crippen LogP) is 4.07. The molecule has 2 aromatic rings. The maximum atomic E-state index is 13.5. The minimum atomic E-state index is -0.486. The molecule has 0 aliphatic heterocycles. The fraction of sp³-hybridized carbons (Fsp3) is 0.133. The highest BCUT2D eigenvalue weighted by Crippen LogP contribution is 2.24. The van der Waals surface area contributed by atoms with Crippen molar-refractivity contribution in [3.63, 3.8) is 0 Å². The topological polar surface area (TPSA) is 38.3 Å². The molecule has 3 nitrogen and oxygen atoms in total. The largest absolute Gasteiger partial charge is 0.494 e. The van der Waals surface area contributed by atoms with E-state index >= 15 is 0 Å². The van der Waals surface area contributed by atoms with E-state index in [9.17, 15) is 9.18 Å². The van der Waals surface area contributed by atoms with Crippen molar-refractivity contribution >= 4 is 29.1 Å². The summed E-state index contributed by atoms with van der Waals surface area (Å²) in [6, 6.07) is 9.27. The van der Waals surface area contributed by atoms with Gasteiger partial charge in [-0.1, -0.05) is 35.3 Å². The van der Waals surface area contributed by atoms with Crippen LogP contribution in [0.1, 0.15) is 15.9 Å². The molecule has 0 aromatic heterocycles. The number of halogens is 3. The summed E-state index contributed by atoms with van der Waals surface area (Å²) in [7, 11) is 1.39. The number of rotatable bonds is 4. The van der Waals surface area contributed by atoms with E-state index in [2.05, 4.69) is 5.32 Å². The lowest BCUT2D eigenvalue weighted by Crippen LogP contribution is -2.23. The fourth-order valence-electron chi connectivity index (χ4n) is 1.81. The summed E-state index contributed by atoms with van der Waals surface area (Å²) in [5, 5.41) is 3.18. The number of benzene rings is 2. The molecule has 6 heteroatoms. The number of carbonyl (C=O) groups excluding carboxylic acids is 1. The van der Waals surface area contributed by atoms with Crippen LogP contribution in [0.4, 0.5) is 4.39 Å². The maximum absolute atomic E-state index is 13.5. The summed E-state index contributed by atoms with van der Waals surface area (Å²) in [5.74, 6) is -0.749. The third kappa shape index (κ3) is 3.65. The number of amides is 1. The monoisotopic (exact) mass is 327 g/mol. The van der Waals surface area contributed by atoms with Crippen molar-refractivity contribution in [2.75, 3.05) is 7.11 Å². The molecule has 0 aliphatic carbocycles. The molecule has 0 saturated carbocycles. The molecule has 0 saturated heterocycles. The van der Waals surface area contributed by atoms with Gasteiger partial charge >= 0.3 is 0 Å². The lowest BCUT2D eigenvalue weighted by Gasteiger charge is -2.09. The normalized spacial score (nSPS) is 10.3. The average Bonchev–Trinajstić information content (AvgIpc) is 2.45. The van der Waals surface area contributed by atoms with Crippen LogP contribution in [0, 0.1) is 5.82 Å². The molecule has 21 heavy (non-hydrogen) atoms. The number of hydrogen-bond acceptors (Lipinski definition) is 2. The van der Waals surface area contributed by atoms with Gasteiger partial charge in [0.1, 0.15) is 0 Å². The molecule has 2 rings (SSSR count). The van der Waals surface area contributed by atoms with E-state index in [-0.39, 0.29) is 27.9 Å². The molecule has 0 heterocycles. The summed E-state index contributed by atoms with van der Waals surface area (Å²) < 4.78 is 18.4. The fourth-order valence-corrected chi connectivity index (χ4v) is 2.37. The molecular weight excluding hydrogens is 316 g/mol. The quantitative estimate of drug-likeness (QED) is 0.919. The first-order chi connectivity index (χ1) is 10.0. The first kappa shape index (κ1) is 15.6. The van der Waals surface area contributed by atoms with Gasteiger partial charge in [-0.3, -0.25) is 4.79 Å². The first-order valence-corrected chi connectivity index (χ1v) is 6.83. The Hall–Kier alpha value is -1.78. The predicted molar refractivity (Wildman–Crippen MR) is 80.6 cm³/mol. The molecule has 0 unspecified atom stereocenters. The Labute approximate surface area is 131 Å². The smallest absolute Gasteiger partial charge is 0.254 e. The summed E-state index contributed by atoms with van der Waals surface area (Å²) in [4.78, 5) is 12.1. The first-order valence-electron chi connectivity index (χ1n) is 6.07. The van der Waals surface area contributed by atoms with Crippen molar-refractivity contribution < 1.29 is 13.9 Å². The summed E-state index contributed by atoms with van der Waals surface area (Å²) in [6.07, 6.45) is 0. The van der Waals surface area contributed by atoms with E-state index < -0.39 is 11.7 Å². The van der Waals surface area contributed by atoms with Gasteiger partial charge < -0.3 is 10.1 Å². The molecule has 110 valence electrons. The van der Waals surface area contributed by atoms with Gasteiger partial charge in [0.05, 0.1) is 22.7 Å². The van der Waals surface area contributed by atoms with Crippen LogP contribution in [0.3, 0.4) is 0 Å². The van der Waals surface area contributed by atoms with Gasteiger partial charge in [-0.25, -0.2) is 4.39 Å². The Morgan fingerprint density at radius 3 is 2.48 bits per heavy atom. The lowest BCUT2D eigenvalue weighted by atomic mass is 10.2. The molecule has 0 spiro atoms. The van der Waals surface area contributed by atoms with Crippen molar-refractivity contribution in [3.8, 4) is 5.75 Å². The average molecular weight is 328 g/mol. The molecular formula is C15H12Cl2FNO2. The molecule has 2 aromatic carbocycles. The Bertz CT molecular complexity index is 656. The molecule has 1 amide bonds. The number of hydrogen-bond donors (Lipinski definition) is 1. The molecule has 0 bridgehead atoms. The number of nitrogens with one attached hydrogen (secondary N) is 1. The minimum absolute atomic E-state index is 0.152. The van der Waals surface area contributed by atoms with Crippen molar-refractivity contribution in [2.45, 2.75) is 6.54 Å². The van der Waals surface area contributed by atoms with Crippen LogP contribution in [-0.2, 0) is 6.54 Å². The van der Waals surface area contributed by atoms with Crippen molar-refractivity contribution in [3.05, 3.63) is 63.4 Å². The van der Waals surface area contributed by atoms with Crippen LogP contribution in [0.5, 0.6) is 5.75 Å². The van der Waals surface area contributed by atoms with E-state index in [1.807, 2.05) is 0 Å². The highest BCUT2D eigenvalue weighted by Gasteiger charge is 2.14. The van der Waals surface area contributed by atoms with Crippen LogP contribution >= 0.6 is 23.2 Å². The van der Waals surface area contributed by atoms with Gasteiger partial charge in [-0.15, -0.1) is 0 Å². The van der Waals surface area contributed by atoms with Gasteiger partial charge in [0.25, 0.3) is 5.91 Å². The van der Waals surface area contributed by atoms with Crippen LogP contribution in [0.25, 0.3) is 0 Å². The van der Waals surface area contributed by atoms with Crippen molar-refractivity contribution in [2.24, 2.45) is 0 Å².